The van der Waals surface area contributed by atoms with E-state index in [1.165, 1.54) is 11.1 Å². The van der Waals surface area contributed by atoms with Gasteiger partial charge in [-0.25, -0.2) is 0 Å². The lowest BCUT2D eigenvalue weighted by molar-refractivity contribution is -0.123. The molecule has 0 aliphatic carbocycles. The lowest BCUT2D eigenvalue weighted by Crippen LogP contribution is -2.41. The van der Waals surface area contributed by atoms with Crippen LogP contribution >= 0.6 is 0 Å². The highest BCUT2D eigenvalue weighted by Gasteiger charge is 2.23. The molecule has 2 N–H and O–H groups in total. The van der Waals surface area contributed by atoms with Crippen molar-refractivity contribution in [2.75, 3.05) is 19.6 Å². The van der Waals surface area contributed by atoms with Crippen LogP contribution in [0.25, 0.3) is 0 Å². The van der Waals surface area contributed by atoms with E-state index in [4.69, 9.17) is 5.73 Å². The zero-order valence-electron chi connectivity index (χ0n) is 13.6. The average Bonchev–Trinajstić information content (AvgIpc) is 2.45. The standard InChI is InChI=1S/C18H28N2O/c1-18(2,3)16-8-6-14(7-9-16)10-12-20-11-4-5-15(13-20)17(19)21/h6-9,15H,4-5,10-13H2,1-3H3,(H2,19,21)/t15-/m1/s1. The van der Waals surface area contributed by atoms with Crippen molar-refractivity contribution in [3.8, 4) is 0 Å². The van der Waals surface area contributed by atoms with E-state index in [-0.39, 0.29) is 17.2 Å². The van der Waals surface area contributed by atoms with Gasteiger partial charge in [0.15, 0.2) is 0 Å². The summed E-state index contributed by atoms with van der Waals surface area (Å²) in [4.78, 5) is 13.7. The molecule has 1 saturated heterocycles. The van der Waals surface area contributed by atoms with Gasteiger partial charge < -0.3 is 10.6 Å². The molecule has 0 bridgehead atoms. The summed E-state index contributed by atoms with van der Waals surface area (Å²) in [5.74, 6) is -0.101. The normalized spacial score (nSPS) is 20.4. The molecule has 0 saturated carbocycles. The molecule has 0 spiro atoms. The summed E-state index contributed by atoms with van der Waals surface area (Å²) < 4.78 is 0. The minimum atomic E-state index is -0.144. The molecule has 1 fully saturated rings. The lowest BCUT2D eigenvalue weighted by Gasteiger charge is -2.31. The van der Waals surface area contributed by atoms with Gasteiger partial charge in [-0.15, -0.1) is 0 Å². The Morgan fingerprint density at radius 3 is 2.52 bits per heavy atom. The molecule has 0 radical (unpaired) electrons. The Balaban J connectivity index is 1.87. The molecular formula is C18H28N2O. The van der Waals surface area contributed by atoms with Gasteiger partial charge >= 0.3 is 0 Å². The van der Waals surface area contributed by atoms with Crippen LogP contribution in [0.15, 0.2) is 24.3 Å². The van der Waals surface area contributed by atoms with Crippen LogP contribution in [-0.2, 0) is 16.6 Å². The molecule has 3 nitrogen and oxygen atoms in total. The first-order valence-corrected chi connectivity index (χ1v) is 7.97. The van der Waals surface area contributed by atoms with Crippen LogP contribution in [0.5, 0.6) is 0 Å². The summed E-state index contributed by atoms with van der Waals surface area (Å²) in [7, 11) is 0. The summed E-state index contributed by atoms with van der Waals surface area (Å²) in [5.41, 5.74) is 8.38. The van der Waals surface area contributed by atoms with Gasteiger partial charge in [-0.05, 0) is 42.3 Å². The van der Waals surface area contributed by atoms with Crippen molar-refractivity contribution in [1.29, 1.82) is 0 Å². The molecular weight excluding hydrogens is 260 g/mol. The Bertz CT molecular complexity index is 473. The highest BCUT2D eigenvalue weighted by molar-refractivity contribution is 5.76. The molecule has 21 heavy (non-hydrogen) atoms. The number of benzene rings is 1. The number of hydrogen-bond donors (Lipinski definition) is 1. The van der Waals surface area contributed by atoms with Crippen LogP contribution in [0.1, 0.15) is 44.7 Å². The maximum absolute atomic E-state index is 11.3. The predicted octanol–water partition coefficient (Wildman–Crippen LogP) is 2.72. The molecule has 1 heterocycles. The van der Waals surface area contributed by atoms with E-state index in [2.05, 4.69) is 49.9 Å². The number of likely N-dealkylation sites (tertiary alicyclic amines) is 1. The van der Waals surface area contributed by atoms with E-state index in [0.717, 1.165) is 38.9 Å². The fraction of sp³-hybridized carbons (Fsp3) is 0.611. The number of amides is 1. The van der Waals surface area contributed by atoms with Gasteiger partial charge in [-0.2, -0.15) is 0 Å². The lowest BCUT2D eigenvalue weighted by atomic mass is 9.86. The van der Waals surface area contributed by atoms with Gasteiger partial charge in [0, 0.05) is 13.1 Å². The summed E-state index contributed by atoms with van der Waals surface area (Å²) in [6.07, 6.45) is 3.07. The highest BCUT2D eigenvalue weighted by Crippen LogP contribution is 2.22. The second-order valence-corrected chi connectivity index (χ2v) is 7.24. The molecule has 1 atom stereocenters. The number of piperidine rings is 1. The van der Waals surface area contributed by atoms with Gasteiger partial charge in [-0.1, -0.05) is 45.0 Å². The van der Waals surface area contributed by atoms with Crippen LogP contribution in [0.3, 0.4) is 0 Å². The zero-order valence-corrected chi connectivity index (χ0v) is 13.6. The second-order valence-electron chi connectivity index (χ2n) is 7.24. The molecule has 1 aromatic carbocycles. The Labute approximate surface area is 128 Å². The van der Waals surface area contributed by atoms with E-state index in [9.17, 15) is 4.79 Å². The van der Waals surface area contributed by atoms with Crippen LogP contribution in [0.2, 0.25) is 0 Å². The largest absolute Gasteiger partial charge is 0.369 e. The summed E-state index contributed by atoms with van der Waals surface area (Å²) >= 11 is 0. The third kappa shape index (κ3) is 4.57. The summed E-state index contributed by atoms with van der Waals surface area (Å²) in [6.45, 7) is 9.64. The van der Waals surface area contributed by atoms with E-state index < -0.39 is 0 Å². The van der Waals surface area contributed by atoms with Crippen LogP contribution in [0, 0.1) is 5.92 Å². The average molecular weight is 288 g/mol. The van der Waals surface area contributed by atoms with Gasteiger partial charge in [0.05, 0.1) is 5.92 Å². The SMILES string of the molecule is CC(C)(C)c1ccc(CCN2CCC[C@@H](C(N)=O)C2)cc1. The smallest absolute Gasteiger partial charge is 0.221 e. The number of primary amides is 1. The van der Waals surface area contributed by atoms with Gasteiger partial charge in [0.1, 0.15) is 0 Å². The summed E-state index contributed by atoms with van der Waals surface area (Å²) in [6, 6.07) is 8.93. The van der Waals surface area contributed by atoms with Crippen molar-refractivity contribution in [3.05, 3.63) is 35.4 Å². The Morgan fingerprint density at radius 2 is 1.95 bits per heavy atom. The third-order valence-corrected chi connectivity index (χ3v) is 4.44. The number of nitrogens with zero attached hydrogens (tertiary/aromatic N) is 1. The molecule has 0 aromatic heterocycles. The first kappa shape index (κ1) is 16.0. The van der Waals surface area contributed by atoms with Gasteiger partial charge in [-0.3, -0.25) is 4.79 Å². The molecule has 1 aliphatic rings. The van der Waals surface area contributed by atoms with Crippen molar-refractivity contribution in [2.45, 2.75) is 45.4 Å². The number of carbonyl (C=O) groups is 1. The fourth-order valence-electron chi connectivity index (χ4n) is 2.95. The molecule has 1 amide bonds. The van der Waals surface area contributed by atoms with Gasteiger partial charge in [0.2, 0.25) is 5.91 Å². The van der Waals surface area contributed by atoms with E-state index >= 15 is 0 Å². The van der Waals surface area contributed by atoms with E-state index in [0.29, 0.717) is 0 Å². The van der Waals surface area contributed by atoms with Crippen LogP contribution in [0.4, 0.5) is 0 Å². The monoisotopic (exact) mass is 288 g/mol. The first-order valence-electron chi connectivity index (χ1n) is 7.97. The maximum Gasteiger partial charge on any atom is 0.221 e. The van der Waals surface area contributed by atoms with Crippen molar-refractivity contribution < 1.29 is 4.79 Å². The van der Waals surface area contributed by atoms with Gasteiger partial charge in [0.25, 0.3) is 0 Å². The molecule has 3 heteroatoms. The molecule has 116 valence electrons. The topological polar surface area (TPSA) is 46.3 Å². The van der Waals surface area contributed by atoms with Crippen LogP contribution < -0.4 is 5.73 Å². The van der Waals surface area contributed by atoms with Crippen molar-refractivity contribution in [2.24, 2.45) is 11.7 Å². The molecule has 2 rings (SSSR count). The summed E-state index contributed by atoms with van der Waals surface area (Å²) in [5, 5.41) is 0. The van der Waals surface area contributed by atoms with Crippen LogP contribution in [-0.4, -0.2) is 30.4 Å². The van der Waals surface area contributed by atoms with Crippen molar-refractivity contribution >= 4 is 5.91 Å². The second kappa shape index (κ2) is 6.61. The zero-order chi connectivity index (χ0) is 15.5. The number of carbonyl (C=O) groups excluding carboxylic acids is 1. The Hall–Kier alpha value is -1.35. The van der Waals surface area contributed by atoms with Crippen molar-refractivity contribution in [1.82, 2.24) is 4.90 Å². The quantitative estimate of drug-likeness (QED) is 0.926. The van der Waals surface area contributed by atoms with Crippen molar-refractivity contribution in [3.63, 3.8) is 0 Å². The maximum atomic E-state index is 11.3. The van der Waals surface area contributed by atoms with E-state index in [1.807, 2.05) is 0 Å². The first-order chi connectivity index (χ1) is 9.86. The Kier molecular flexibility index (Phi) is 5.04. The molecule has 1 aliphatic heterocycles. The number of rotatable bonds is 4. The number of hydrogen-bond acceptors (Lipinski definition) is 2. The molecule has 0 unspecified atom stereocenters. The fourth-order valence-corrected chi connectivity index (χ4v) is 2.95. The predicted molar refractivity (Wildman–Crippen MR) is 87.2 cm³/mol. The minimum absolute atomic E-state index is 0.0435. The number of nitrogens with two attached hydrogens (primary N) is 1. The molecule has 1 aromatic rings. The van der Waals surface area contributed by atoms with E-state index in [1.54, 1.807) is 0 Å². The third-order valence-electron chi connectivity index (χ3n) is 4.44. The highest BCUT2D eigenvalue weighted by atomic mass is 16.1. The Morgan fingerprint density at radius 1 is 1.29 bits per heavy atom. The minimum Gasteiger partial charge on any atom is -0.369 e.